The second kappa shape index (κ2) is 38.2. The van der Waals surface area contributed by atoms with Crippen molar-refractivity contribution in [3.63, 3.8) is 0 Å². The lowest BCUT2D eigenvalue weighted by atomic mass is 11.0. The molecule has 0 aliphatic carbocycles. The molecule has 0 aliphatic rings. The molecule has 7 nitrogen and oxygen atoms in total. The van der Waals surface area contributed by atoms with E-state index in [0.29, 0.717) is 0 Å². The predicted octanol–water partition coefficient (Wildman–Crippen LogP) is 2.72. The Morgan fingerprint density at radius 3 is 0.538 bits per heavy atom. The Kier molecular flexibility index (Phi) is 92.6. The van der Waals surface area contributed by atoms with E-state index in [-0.39, 0.29) is 101 Å². The Hall–Kier alpha value is 2.60. The van der Waals surface area contributed by atoms with E-state index in [9.17, 15) is 0 Å². The Bertz CT molecular complexity index is 158. The second-order valence-electron chi connectivity index (χ2n) is 3.30. The summed E-state index contributed by atoms with van der Waals surface area (Å²) in [6, 6.07) is 1.63. The van der Waals surface area contributed by atoms with Gasteiger partial charge in [0.25, 0.3) is 0 Å². The summed E-state index contributed by atoms with van der Waals surface area (Å²) in [4.78, 5) is 0. The van der Waals surface area contributed by atoms with Gasteiger partial charge in [0.2, 0.25) is 0 Å². The van der Waals surface area contributed by atoms with Crippen LogP contribution in [-0.4, -0.2) is 60.3 Å². The van der Waals surface area contributed by atoms with Crippen molar-refractivity contribution in [1.82, 2.24) is 6.15 Å². The van der Waals surface area contributed by atoms with Crippen LogP contribution in [0, 0.1) is 0 Å². The maximum absolute atomic E-state index is 5.08. The van der Waals surface area contributed by atoms with Crippen LogP contribution in [0.25, 0.3) is 0 Å². The fourth-order valence-corrected chi connectivity index (χ4v) is 4.10. The molecule has 0 aromatic heterocycles. The van der Waals surface area contributed by atoms with Crippen molar-refractivity contribution in [2.45, 2.75) is 25.9 Å². The van der Waals surface area contributed by atoms with Crippen LogP contribution in [-0.2, 0) is 26.6 Å². The molecule has 0 amide bonds. The Morgan fingerprint density at radius 1 is 0.423 bits per heavy atom. The van der Waals surface area contributed by atoms with Gasteiger partial charge in [-0.05, 0) is 0 Å². The summed E-state index contributed by atoms with van der Waals surface area (Å²) < 4.78 is 30.5. The predicted molar refractivity (Wildman–Crippen MR) is 152 cm³/mol. The molecule has 0 saturated carbocycles. The first kappa shape index (κ1) is 63.0. The molecule has 0 saturated heterocycles. The van der Waals surface area contributed by atoms with Gasteiger partial charge < -0.3 is 32.7 Å². The van der Waals surface area contributed by atoms with Gasteiger partial charge in [0.1, 0.15) is 0 Å². The minimum absolute atomic E-state index is 0. The van der Waals surface area contributed by atoms with Gasteiger partial charge in [-0.3, -0.25) is 0 Å². The summed E-state index contributed by atoms with van der Waals surface area (Å²) >= 11 is 0. The fourth-order valence-electron chi connectivity index (χ4n) is 1.37. The molecule has 0 aliphatic heterocycles. The highest BCUT2D eigenvalue weighted by atomic mass is 32.1. The van der Waals surface area contributed by atoms with Gasteiger partial charge in [-0.25, -0.2) is 0 Å². The van der Waals surface area contributed by atoms with Crippen molar-refractivity contribution in [3.05, 3.63) is 0 Å². The van der Waals surface area contributed by atoms with Crippen molar-refractivity contribution in [2.24, 2.45) is 0 Å². The van der Waals surface area contributed by atoms with Crippen LogP contribution in [0.15, 0.2) is 0 Å². The Morgan fingerprint density at radius 2 is 0.538 bits per heavy atom. The van der Waals surface area contributed by atoms with Crippen molar-refractivity contribution in [1.29, 1.82) is 0 Å². The standard InChI is InChI=1S/2C5H14O3Si.H3N.7H2S/c2*1-5-9(6-2,7-3)8-4;;;;;;;;/h2*5H2,1-4H3;1H3;7*1H2. The van der Waals surface area contributed by atoms with Gasteiger partial charge in [-0.2, -0.15) is 94.5 Å². The van der Waals surface area contributed by atoms with Gasteiger partial charge >= 0.3 is 17.6 Å². The molecular weight excluding hydrogens is 511 g/mol. The van der Waals surface area contributed by atoms with Gasteiger partial charge in [0, 0.05) is 54.7 Å². The number of hydrogen-bond donors (Lipinski definition) is 1. The van der Waals surface area contributed by atoms with Crippen molar-refractivity contribution >= 4 is 112 Å². The van der Waals surface area contributed by atoms with Gasteiger partial charge in [0.15, 0.2) is 0 Å². The van der Waals surface area contributed by atoms with E-state index in [1.54, 1.807) is 42.7 Å². The van der Waals surface area contributed by atoms with Crippen molar-refractivity contribution in [3.8, 4) is 0 Å². The summed E-state index contributed by atoms with van der Waals surface area (Å²) in [7, 11) is 5.30. The molecule has 26 heavy (non-hydrogen) atoms. The minimum Gasteiger partial charge on any atom is -0.377 e. The first-order valence-corrected chi connectivity index (χ1v) is 9.66. The van der Waals surface area contributed by atoms with E-state index in [2.05, 4.69) is 0 Å². The van der Waals surface area contributed by atoms with Gasteiger partial charge in [-0.1, -0.05) is 13.8 Å². The molecule has 0 fully saturated rings. The molecule has 3 N–H and O–H groups in total. The summed E-state index contributed by atoms with van der Waals surface area (Å²) in [5, 5.41) is 0. The Balaban J connectivity index is -0.0000000188. The van der Waals surface area contributed by atoms with E-state index < -0.39 is 17.6 Å². The molecule has 0 rings (SSSR count). The monoisotopic (exact) mass is 555 g/mol. The largest absolute Gasteiger partial charge is 0.499 e. The first-order chi connectivity index (χ1) is 8.49. The SMILES string of the molecule is CC[Si](OC)(OC)OC.CC[Si](OC)(OC)OC.N.S.S.S.S.S.S.S. The van der Waals surface area contributed by atoms with Crippen LogP contribution in [0.4, 0.5) is 0 Å². The molecule has 0 atom stereocenters. The van der Waals surface area contributed by atoms with Crippen LogP contribution >= 0.6 is 94.5 Å². The van der Waals surface area contributed by atoms with Crippen LogP contribution in [0.3, 0.4) is 0 Å². The number of rotatable bonds is 8. The molecular formula is C10H45NO6S7Si2. The molecule has 0 unspecified atom stereocenters. The molecule has 0 bridgehead atoms. The van der Waals surface area contributed by atoms with Crippen molar-refractivity contribution < 1.29 is 26.6 Å². The summed E-state index contributed by atoms with van der Waals surface area (Å²) in [6.45, 7) is 3.98. The fraction of sp³-hybridized carbons (Fsp3) is 1.00. The summed E-state index contributed by atoms with van der Waals surface area (Å²) in [5.41, 5.74) is 0. The second-order valence-corrected chi connectivity index (χ2v) is 9.89. The van der Waals surface area contributed by atoms with Crippen LogP contribution in [0.1, 0.15) is 13.8 Å². The van der Waals surface area contributed by atoms with Crippen molar-refractivity contribution in [2.75, 3.05) is 42.7 Å². The van der Waals surface area contributed by atoms with Gasteiger partial charge in [-0.15, -0.1) is 0 Å². The molecule has 176 valence electrons. The van der Waals surface area contributed by atoms with Crippen LogP contribution in [0.2, 0.25) is 12.1 Å². The number of hydrogen-bond acceptors (Lipinski definition) is 7. The zero-order valence-corrected chi connectivity index (χ0v) is 26.1. The molecule has 0 aromatic rings. The van der Waals surface area contributed by atoms with E-state index in [1.807, 2.05) is 13.8 Å². The third kappa shape index (κ3) is 24.6. The molecule has 16 heteroatoms. The summed E-state index contributed by atoms with van der Waals surface area (Å²) in [6.07, 6.45) is 0. The van der Waals surface area contributed by atoms with Gasteiger partial charge in [0.05, 0.1) is 0 Å². The maximum atomic E-state index is 5.08. The lowest BCUT2D eigenvalue weighted by molar-refractivity contribution is 0.124. The lowest BCUT2D eigenvalue weighted by Crippen LogP contribution is -2.41. The molecule has 0 spiro atoms. The highest BCUT2D eigenvalue weighted by molar-refractivity contribution is 7.60. The first-order valence-electron chi connectivity index (χ1n) is 5.80. The smallest absolute Gasteiger partial charge is 0.377 e. The Labute approximate surface area is 212 Å². The zero-order valence-electron chi connectivity index (χ0n) is 17.1. The zero-order chi connectivity index (χ0) is 14.7. The minimum atomic E-state index is -2.19. The molecule has 0 radical (unpaired) electrons. The van der Waals surface area contributed by atoms with Crippen LogP contribution < -0.4 is 6.15 Å². The third-order valence-electron chi connectivity index (χ3n) is 2.73. The van der Waals surface area contributed by atoms with E-state index in [1.165, 1.54) is 0 Å². The highest BCUT2D eigenvalue weighted by Gasteiger charge is 2.35. The van der Waals surface area contributed by atoms with E-state index >= 15 is 0 Å². The van der Waals surface area contributed by atoms with E-state index in [4.69, 9.17) is 26.6 Å². The molecule has 0 heterocycles. The van der Waals surface area contributed by atoms with Crippen LogP contribution in [0.5, 0.6) is 0 Å². The average molecular weight is 556 g/mol. The maximum Gasteiger partial charge on any atom is 0.499 e. The highest BCUT2D eigenvalue weighted by Crippen LogP contribution is 2.10. The topological polar surface area (TPSA) is 90.4 Å². The third-order valence-corrected chi connectivity index (χ3v) is 8.20. The molecule has 0 aromatic carbocycles. The normalized spacial score (nSPS) is 8.31. The summed E-state index contributed by atoms with van der Waals surface area (Å²) in [5.74, 6) is 0. The average Bonchev–Trinajstić information content (AvgIpc) is 2.46. The quantitative estimate of drug-likeness (QED) is 0.461. The van der Waals surface area contributed by atoms with E-state index in [0.717, 1.165) is 12.1 Å². The lowest BCUT2D eigenvalue weighted by Gasteiger charge is -2.22.